The van der Waals surface area contributed by atoms with Crippen LogP contribution in [0.5, 0.6) is 0 Å². The van der Waals surface area contributed by atoms with Crippen LogP contribution in [-0.2, 0) is 11.3 Å². The van der Waals surface area contributed by atoms with Crippen LogP contribution in [-0.4, -0.2) is 49.7 Å². The lowest BCUT2D eigenvalue weighted by molar-refractivity contribution is 0.147. The summed E-state index contributed by atoms with van der Waals surface area (Å²) in [7, 11) is 1.91. The summed E-state index contributed by atoms with van der Waals surface area (Å²) in [5.74, 6) is 0.943. The van der Waals surface area contributed by atoms with E-state index < -0.39 is 6.09 Å². The van der Waals surface area contributed by atoms with Crippen molar-refractivity contribution in [2.75, 3.05) is 26.7 Å². The number of guanidine groups is 1. The molecule has 152 valence electrons. The minimum absolute atomic E-state index is 0. The standard InChI is InChI=1S/C19H29FN4O2.HI/c1-4-21-18(24(3)13-14-7-6-8-16(20)11-14)22-12-17(15-9-10-15)23-19(25)26-5-2;/h6-8,11,15,17H,4-5,9-10,12-13H2,1-3H3,(H,21,22)(H,23,25);1H. The lowest BCUT2D eigenvalue weighted by atomic mass is 10.2. The zero-order valence-corrected chi connectivity index (χ0v) is 18.5. The fourth-order valence-electron chi connectivity index (χ4n) is 2.77. The Kier molecular flexibility index (Phi) is 10.4. The largest absolute Gasteiger partial charge is 0.450 e. The summed E-state index contributed by atoms with van der Waals surface area (Å²) in [5, 5.41) is 6.16. The number of benzene rings is 1. The van der Waals surface area contributed by atoms with Gasteiger partial charge in [0, 0.05) is 20.1 Å². The number of alkyl carbamates (subject to hydrolysis) is 1. The summed E-state index contributed by atoms with van der Waals surface area (Å²) in [6.45, 7) is 5.90. The molecule has 6 nitrogen and oxygen atoms in total. The van der Waals surface area contributed by atoms with Gasteiger partial charge in [-0.2, -0.15) is 0 Å². The number of rotatable bonds is 8. The molecule has 1 atom stereocenters. The third kappa shape index (κ3) is 8.32. The molecule has 1 aliphatic carbocycles. The Labute approximate surface area is 178 Å². The van der Waals surface area contributed by atoms with Crippen molar-refractivity contribution in [3.8, 4) is 0 Å². The van der Waals surface area contributed by atoms with E-state index in [0.717, 1.165) is 30.9 Å². The molecule has 1 saturated carbocycles. The maximum absolute atomic E-state index is 13.4. The van der Waals surface area contributed by atoms with Gasteiger partial charge < -0.3 is 20.3 Å². The minimum atomic E-state index is -0.391. The van der Waals surface area contributed by atoms with Crippen LogP contribution in [0.4, 0.5) is 9.18 Å². The molecule has 8 heteroatoms. The number of nitrogens with zero attached hydrogens (tertiary/aromatic N) is 2. The molecule has 27 heavy (non-hydrogen) atoms. The van der Waals surface area contributed by atoms with E-state index in [2.05, 4.69) is 15.6 Å². The van der Waals surface area contributed by atoms with E-state index in [9.17, 15) is 9.18 Å². The molecule has 0 radical (unpaired) electrons. The van der Waals surface area contributed by atoms with Gasteiger partial charge in [-0.25, -0.2) is 9.18 Å². The molecule has 0 aliphatic heterocycles. The van der Waals surface area contributed by atoms with Crippen molar-refractivity contribution in [3.63, 3.8) is 0 Å². The molecule has 1 aliphatic rings. The van der Waals surface area contributed by atoms with Gasteiger partial charge in [-0.1, -0.05) is 12.1 Å². The van der Waals surface area contributed by atoms with Gasteiger partial charge in [0.25, 0.3) is 0 Å². The second kappa shape index (κ2) is 12.0. The van der Waals surface area contributed by atoms with Crippen LogP contribution in [0.3, 0.4) is 0 Å². The van der Waals surface area contributed by atoms with Crippen LogP contribution in [0.15, 0.2) is 29.3 Å². The van der Waals surface area contributed by atoms with E-state index >= 15 is 0 Å². The fraction of sp³-hybridized carbons (Fsp3) is 0.579. The monoisotopic (exact) mass is 492 g/mol. The fourth-order valence-corrected chi connectivity index (χ4v) is 2.77. The number of hydrogen-bond acceptors (Lipinski definition) is 3. The highest BCUT2D eigenvalue weighted by Crippen LogP contribution is 2.32. The topological polar surface area (TPSA) is 66.0 Å². The molecule has 1 aromatic carbocycles. The molecule has 0 saturated heterocycles. The summed E-state index contributed by atoms with van der Waals surface area (Å²) in [5.41, 5.74) is 0.876. The first-order chi connectivity index (χ1) is 12.5. The Bertz CT molecular complexity index is 625. The van der Waals surface area contributed by atoms with Gasteiger partial charge in [0.1, 0.15) is 5.82 Å². The molecule has 1 aromatic rings. The van der Waals surface area contributed by atoms with Crippen molar-refractivity contribution >= 4 is 36.0 Å². The van der Waals surface area contributed by atoms with Crippen molar-refractivity contribution in [2.45, 2.75) is 39.3 Å². The number of carbonyl (C=O) groups is 1. The van der Waals surface area contributed by atoms with Crippen LogP contribution in [0.25, 0.3) is 0 Å². The second-order valence-corrected chi connectivity index (χ2v) is 6.49. The quantitative estimate of drug-likeness (QED) is 0.332. The smallest absolute Gasteiger partial charge is 0.407 e. The van der Waals surface area contributed by atoms with Crippen LogP contribution >= 0.6 is 24.0 Å². The maximum Gasteiger partial charge on any atom is 0.407 e. The minimum Gasteiger partial charge on any atom is -0.450 e. The van der Waals surface area contributed by atoms with Crippen molar-refractivity contribution in [1.82, 2.24) is 15.5 Å². The highest BCUT2D eigenvalue weighted by atomic mass is 127. The second-order valence-electron chi connectivity index (χ2n) is 6.49. The van der Waals surface area contributed by atoms with E-state index in [1.54, 1.807) is 13.0 Å². The highest BCUT2D eigenvalue weighted by Gasteiger charge is 2.32. The average molecular weight is 492 g/mol. The molecular weight excluding hydrogens is 462 g/mol. The third-order valence-corrected chi connectivity index (χ3v) is 4.21. The molecule has 1 unspecified atom stereocenters. The summed E-state index contributed by atoms with van der Waals surface area (Å²) < 4.78 is 18.4. The van der Waals surface area contributed by atoms with E-state index in [1.807, 2.05) is 24.9 Å². The van der Waals surface area contributed by atoms with Crippen LogP contribution in [0.2, 0.25) is 0 Å². The van der Waals surface area contributed by atoms with E-state index in [-0.39, 0.29) is 35.8 Å². The van der Waals surface area contributed by atoms with Crippen molar-refractivity contribution in [1.29, 1.82) is 0 Å². The van der Waals surface area contributed by atoms with Crippen LogP contribution in [0.1, 0.15) is 32.3 Å². The number of ether oxygens (including phenoxy) is 1. The first-order valence-electron chi connectivity index (χ1n) is 9.20. The normalized spacial score (nSPS) is 14.7. The number of amides is 1. The molecule has 0 aromatic heterocycles. The molecule has 1 fully saturated rings. The molecule has 1 amide bonds. The summed E-state index contributed by atoms with van der Waals surface area (Å²) in [4.78, 5) is 18.3. The van der Waals surface area contributed by atoms with Crippen molar-refractivity contribution in [3.05, 3.63) is 35.6 Å². The Balaban J connectivity index is 0.00000364. The van der Waals surface area contributed by atoms with Gasteiger partial charge >= 0.3 is 6.09 Å². The molecule has 0 bridgehead atoms. The lowest BCUT2D eigenvalue weighted by Crippen LogP contribution is -2.42. The van der Waals surface area contributed by atoms with Gasteiger partial charge in [0.05, 0.1) is 19.2 Å². The molecule has 0 spiro atoms. The Hall–Kier alpha value is -1.58. The zero-order chi connectivity index (χ0) is 18.9. The van der Waals surface area contributed by atoms with Gasteiger partial charge in [-0.05, 0) is 50.3 Å². The van der Waals surface area contributed by atoms with E-state index in [0.29, 0.717) is 25.6 Å². The molecule has 0 heterocycles. The van der Waals surface area contributed by atoms with Crippen LogP contribution in [0, 0.1) is 11.7 Å². The number of aliphatic imine (C=N–C) groups is 1. The zero-order valence-electron chi connectivity index (χ0n) is 16.2. The maximum atomic E-state index is 13.4. The van der Waals surface area contributed by atoms with Gasteiger partial charge in [0.15, 0.2) is 5.96 Å². The molecular formula is C19H30FIN4O2. The summed E-state index contributed by atoms with van der Waals surface area (Å²) in [6, 6.07) is 6.53. The number of halogens is 2. The Morgan fingerprint density at radius 2 is 2.15 bits per heavy atom. The van der Waals surface area contributed by atoms with Crippen molar-refractivity contribution < 1.29 is 13.9 Å². The first-order valence-corrected chi connectivity index (χ1v) is 9.20. The van der Waals surface area contributed by atoms with Gasteiger partial charge in [-0.3, -0.25) is 4.99 Å². The Morgan fingerprint density at radius 1 is 1.41 bits per heavy atom. The molecule has 2 N–H and O–H groups in total. The van der Waals surface area contributed by atoms with E-state index in [4.69, 9.17) is 4.74 Å². The summed E-state index contributed by atoms with van der Waals surface area (Å²) >= 11 is 0. The number of hydrogen-bond donors (Lipinski definition) is 2. The third-order valence-electron chi connectivity index (χ3n) is 4.21. The Morgan fingerprint density at radius 3 is 2.74 bits per heavy atom. The SMILES string of the molecule is CCNC(=NCC(NC(=O)OCC)C1CC1)N(C)Cc1cccc(F)c1.I. The number of nitrogens with one attached hydrogen (secondary N) is 2. The average Bonchev–Trinajstić information content (AvgIpc) is 3.42. The number of carbonyl (C=O) groups excluding carboxylic acids is 1. The molecule has 2 rings (SSSR count). The van der Waals surface area contributed by atoms with E-state index in [1.165, 1.54) is 12.1 Å². The predicted molar refractivity (Wildman–Crippen MR) is 116 cm³/mol. The highest BCUT2D eigenvalue weighted by molar-refractivity contribution is 14.0. The predicted octanol–water partition coefficient (Wildman–Crippen LogP) is 3.37. The van der Waals surface area contributed by atoms with Crippen molar-refractivity contribution in [2.24, 2.45) is 10.9 Å². The first kappa shape index (κ1) is 23.5. The van der Waals surface area contributed by atoms with Gasteiger partial charge in [-0.15, -0.1) is 24.0 Å². The summed E-state index contributed by atoms with van der Waals surface area (Å²) in [6.07, 6.45) is 1.81. The lowest BCUT2D eigenvalue weighted by Gasteiger charge is -2.23. The van der Waals surface area contributed by atoms with Gasteiger partial charge in [0.2, 0.25) is 0 Å². The van der Waals surface area contributed by atoms with Crippen LogP contribution < -0.4 is 10.6 Å².